The van der Waals surface area contributed by atoms with Crippen LogP contribution in [-0.4, -0.2) is 11.6 Å². The van der Waals surface area contributed by atoms with Crippen LogP contribution in [0.5, 0.6) is 0 Å². The van der Waals surface area contributed by atoms with Gasteiger partial charge in [0.1, 0.15) is 5.82 Å². The van der Waals surface area contributed by atoms with Crippen LogP contribution in [0.2, 0.25) is 0 Å². The average molecular weight is 208 g/mol. The number of aromatic nitrogens is 1. The molecule has 0 aromatic carbocycles. The van der Waals surface area contributed by atoms with Gasteiger partial charge in [-0.25, -0.2) is 4.39 Å². The van der Waals surface area contributed by atoms with Gasteiger partial charge >= 0.3 is 0 Å². The second kappa shape index (κ2) is 4.40. The first-order valence-electron chi connectivity index (χ1n) is 4.94. The predicted octanol–water partition coefficient (Wildman–Crippen LogP) is 1.91. The summed E-state index contributed by atoms with van der Waals surface area (Å²) in [4.78, 5) is 3.78. The highest BCUT2D eigenvalue weighted by atomic mass is 19.1. The molecule has 1 aromatic heterocycles. The summed E-state index contributed by atoms with van der Waals surface area (Å²) in [5.74, 6) is -0.361. The Balaban J connectivity index is 2.19. The van der Waals surface area contributed by atoms with Crippen LogP contribution in [0.25, 0.3) is 0 Å². The van der Waals surface area contributed by atoms with Crippen molar-refractivity contribution in [2.24, 2.45) is 5.73 Å². The third-order valence-electron chi connectivity index (χ3n) is 2.45. The zero-order chi connectivity index (χ0) is 10.7. The molecule has 15 heavy (non-hydrogen) atoms. The molecule has 2 heterocycles. The molecule has 0 saturated carbocycles. The maximum atomic E-state index is 12.9. The Morgan fingerprint density at radius 2 is 2.33 bits per heavy atom. The minimum Gasteiger partial charge on any atom is -0.501 e. The number of nitrogens with two attached hydrogens (primary N) is 1. The first kappa shape index (κ1) is 10.1. The molecule has 2 rings (SSSR count). The van der Waals surface area contributed by atoms with E-state index in [2.05, 4.69) is 4.98 Å². The molecule has 1 unspecified atom stereocenters. The first-order valence-corrected chi connectivity index (χ1v) is 4.94. The van der Waals surface area contributed by atoms with Crippen LogP contribution in [0.3, 0.4) is 0 Å². The summed E-state index contributed by atoms with van der Waals surface area (Å²) in [6, 6.07) is 1.10. The molecule has 4 heteroatoms. The molecule has 0 saturated heterocycles. The van der Waals surface area contributed by atoms with Gasteiger partial charge in [-0.15, -0.1) is 0 Å². The number of ether oxygens (including phenoxy) is 1. The molecule has 0 fully saturated rings. The summed E-state index contributed by atoms with van der Waals surface area (Å²) in [5.41, 5.74) is 7.66. The fraction of sp³-hybridized carbons (Fsp3) is 0.364. The Morgan fingerprint density at radius 1 is 1.47 bits per heavy atom. The number of pyridine rings is 1. The van der Waals surface area contributed by atoms with Gasteiger partial charge in [0.15, 0.2) is 0 Å². The van der Waals surface area contributed by atoms with Crippen LogP contribution in [0.4, 0.5) is 4.39 Å². The number of rotatable bonds is 2. The first-order chi connectivity index (χ1) is 7.27. The van der Waals surface area contributed by atoms with Crippen molar-refractivity contribution in [3.05, 3.63) is 41.7 Å². The van der Waals surface area contributed by atoms with E-state index < -0.39 is 0 Å². The van der Waals surface area contributed by atoms with E-state index in [9.17, 15) is 4.39 Å². The van der Waals surface area contributed by atoms with Crippen LogP contribution in [-0.2, 0) is 4.74 Å². The standard InChI is InChI=1S/C11H13FN2O/c12-10-4-9(5-14-6-10)11(13)8-2-1-3-15-7-8/h4-7,11H,1-3,13H2. The second-order valence-corrected chi connectivity index (χ2v) is 3.58. The number of halogens is 1. The molecule has 0 radical (unpaired) electrons. The third-order valence-corrected chi connectivity index (χ3v) is 2.45. The van der Waals surface area contributed by atoms with E-state index in [1.165, 1.54) is 12.3 Å². The van der Waals surface area contributed by atoms with E-state index >= 15 is 0 Å². The zero-order valence-corrected chi connectivity index (χ0v) is 8.32. The second-order valence-electron chi connectivity index (χ2n) is 3.58. The summed E-state index contributed by atoms with van der Waals surface area (Å²) < 4.78 is 18.1. The fourth-order valence-electron chi connectivity index (χ4n) is 1.63. The Morgan fingerprint density at radius 3 is 3.00 bits per heavy atom. The maximum absolute atomic E-state index is 12.9. The van der Waals surface area contributed by atoms with Gasteiger partial charge in [-0.05, 0) is 30.0 Å². The molecule has 2 N–H and O–H groups in total. The molecule has 1 aliphatic heterocycles. The van der Waals surface area contributed by atoms with Crippen molar-refractivity contribution in [2.45, 2.75) is 18.9 Å². The van der Waals surface area contributed by atoms with Crippen LogP contribution in [0, 0.1) is 5.82 Å². The molecule has 0 bridgehead atoms. The molecule has 80 valence electrons. The monoisotopic (exact) mass is 208 g/mol. The van der Waals surface area contributed by atoms with E-state index in [-0.39, 0.29) is 11.9 Å². The van der Waals surface area contributed by atoms with E-state index in [0.717, 1.165) is 25.0 Å². The van der Waals surface area contributed by atoms with Gasteiger partial charge in [-0.2, -0.15) is 0 Å². The Labute approximate surface area is 87.8 Å². The summed E-state index contributed by atoms with van der Waals surface area (Å²) in [6.45, 7) is 0.734. The molecular weight excluding hydrogens is 195 g/mol. The molecule has 3 nitrogen and oxygen atoms in total. The third kappa shape index (κ3) is 2.33. The van der Waals surface area contributed by atoms with Crippen molar-refractivity contribution >= 4 is 0 Å². The van der Waals surface area contributed by atoms with Crippen molar-refractivity contribution in [1.29, 1.82) is 0 Å². The molecule has 1 aromatic rings. The smallest absolute Gasteiger partial charge is 0.141 e. The van der Waals surface area contributed by atoms with Gasteiger partial charge in [0.05, 0.1) is 25.1 Å². The Bertz CT molecular complexity index is 379. The van der Waals surface area contributed by atoms with Gasteiger partial charge in [-0.1, -0.05) is 0 Å². The number of hydrogen-bond donors (Lipinski definition) is 1. The lowest BCUT2D eigenvalue weighted by Gasteiger charge is -2.19. The number of nitrogens with zero attached hydrogens (tertiary/aromatic N) is 1. The van der Waals surface area contributed by atoms with Crippen molar-refractivity contribution in [3.63, 3.8) is 0 Å². The van der Waals surface area contributed by atoms with Gasteiger partial charge in [0.25, 0.3) is 0 Å². The van der Waals surface area contributed by atoms with Gasteiger partial charge in [0, 0.05) is 6.20 Å². The summed E-state index contributed by atoms with van der Waals surface area (Å²) >= 11 is 0. The summed E-state index contributed by atoms with van der Waals surface area (Å²) in [6.07, 6.45) is 6.30. The highest BCUT2D eigenvalue weighted by molar-refractivity contribution is 5.25. The van der Waals surface area contributed by atoms with Gasteiger partial charge < -0.3 is 10.5 Å². The lowest BCUT2D eigenvalue weighted by molar-refractivity contribution is 0.221. The van der Waals surface area contributed by atoms with Crippen LogP contribution in [0.1, 0.15) is 24.4 Å². The lowest BCUT2D eigenvalue weighted by atomic mass is 9.97. The van der Waals surface area contributed by atoms with Crippen molar-refractivity contribution in [2.75, 3.05) is 6.61 Å². The zero-order valence-electron chi connectivity index (χ0n) is 8.32. The quantitative estimate of drug-likeness (QED) is 0.807. The van der Waals surface area contributed by atoms with E-state index in [4.69, 9.17) is 10.5 Å². The predicted molar refractivity (Wildman–Crippen MR) is 54.4 cm³/mol. The molecule has 1 atom stereocenters. The molecular formula is C11H13FN2O. The molecule has 0 spiro atoms. The topological polar surface area (TPSA) is 48.1 Å². The lowest BCUT2D eigenvalue weighted by Crippen LogP contribution is -2.16. The Hall–Kier alpha value is -1.42. The minimum atomic E-state index is -0.361. The summed E-state index contributed by atoms with van der Waals surface area (Å²) in [7, 11) is 0. The molecule has 1 aliphatic rings. The SMILES string of the molecule is NC(C1=COCCC1)c1cncc(F)c1. The molecule has 0 amide bonds. The normalized spacial score (nSPS) is 17.9. The van der Waals surface area contributed by atoms with E-state index in [0.29, 0.717) is 5.56 Å². The van der Waals surface area contributed by atoms with Gasteiger partial charge in [0.2, 0.25) is 0 Å². The largest absolute Gasteiger partial charge is 0.501 e. The molecule has 0 aliphatic carbocycles. The maximum Gasteiger partial charge on any atom is 0.141 e. The average Bonchev–Trinajstić information content (AvgIpc) is 2.29. The van der Waals surface area contributed by atoms with Crippen LogP contribution in [0.15, 0.2) is 30.3 Å². The fourth-order valence-corrected chi connectivity index (χ4v) is 1.63. The van der Waals surface area contributed by atoms with Crippen molar-refractivity contribution in [1.82, 2.24) is 4.98 Å². The minimum absolute atomic E-state index is 0.312. The van der Waals surface area contributed by atoms with Crippen LogP contribution < -0.4 is 5.73 Å². The van der Waals surface area contributed by atoms with Crippen LogP contribution >= 0.6 is 0 Å². The summed E-state index contributed by atoms with van der Waals surface area (Å²) in [5, 5.41) is 0. The van der Waals surface area contributed by atoms with Crippen molar-refractivity contribution in [3.8, 4) is 0 Å². The van der Waals surface area contributed by atoms with E-state index in [1.54, 1.807) is 12.5 Å². The highest BCUT2D eigenvalue weighted by Gasteiger charge is 2.15. The van der Waals surface area contributed by atoms with E-state index in [1.807, 2.05) is 0 Å². The highest BCUT2D eigenvalue weighted by Crippen LogP contribution is 2.25. The number of hydrogen-bond acceptors (Lipinski definition) is 3. The van der Waals surface area contributed by atoms with Crippen molar-refractivity contribution < 1.29 is 9.13 Å². The Kier molecular flexibility index (Phi) is 2.97. The van der Waals surface area contributed by atoms with Gasteiger partial charge in [-0.3, -0.25) is 4.98 Å².